The van der Waals surface area contributed by atoms with Gasteiger partial charge < -0.3 is 4.89 Å². The molecule has 0 saturated carbocycles. The van der Waals surface area contributed by atoms with E-state index in [2.05, 4.69) is 0 Å². The largest absolute Gasteiger partial charge is 0.644 e. The number of fused-ring (bicyclic) bond motifs is 1. The minimum Gasteiger partial charge on any atom is -0.644 e. The van der Waals surface area contributed by atoms with E-state index < -0.39 is 8.45 Å². The summed E-state index contributed by atoms with van der Waals surface area (Å²) in [5, 5.41) is 0. The van der Waals surface area contributed by atoms with E-state index in [9.17, 15) is 9.69 Å². The summed E-state index contributed by atoms with van der Waals surface area (Å²) in [6.45, 7) is 0.480. The Morgan fingerprint density at radius 1 is 1.44 bits per heavy atom. The van der Waals surface area contributed by atoms with Crippen molar-refractivity contribution in [3.05, 3.63) is 29.8 Å². The Hall–Kier alpha value is -0.830. The van der Waals surface area contributed by atoms with Crippen molar-refractivity contribution in [1.82, 2.24) is 4.67 Å². The van der Waals surface area contributed by atoms with E-state index >= 15 is 0 Å². The molecular weight excluding hydrogens is 247 g/mol. The lowest BCUT2D eigenvalue weighted by Crippen LogP contribution is -2.41. The number of carbonyl (C=O) groups excluding carboxylic acids is 1. The zero-order valence-electron chi connectivity index (χ0n) is 8.81. The van der Waals surface area contributed by atoms with Crippen LogP contribution in [0.4, 0.5) is 5.69 Å². The van der Waals surface area contributed by atoms with Crippen molar-refractivity contribution in [3.63, 3.8) is 0 Å². The second kappa shape index (κ2) is 4.58. The third-order valence-corrected chi connectivity index (χ3v) is 4.43. The number of para-hydroxylation sites is 1. The van der Waals surface area contributed by atoms with Crippen molar-refractivity contribution >= 4 is 31.6 Å². The minimum atomic E-state index is -2.25. The van der Waals surface area contributed by atoms with Crippen LogP contribution in [0.15, 0.2) is 24.3 Å². The molecule has 0 radical (unpaired) electrons. The molecule has 0 spiro atoms. The quantitative estimate of drug-likeness (QED) is 0.590. The number of halogens is 1. The number of nitrogens with zero attached hydrogens (tertiary/aromatic N) is 2. The first-order valence-electron chi connectivity index (χ1n) is 4.91. The maximum atomic E-state index is 12.0. The van der Waals surface area contributed by atoms with Gasteiger partial charge in [-0.1, -0.05) is 12.1 Å². The first kappa shape index (κ1) is 11.6. The summed E-state index contributed by atoms with van der Waals surface area (Å²) in [6.07, 6.45) is 0. The van der Waals surface area contributed by atoms with Crippen molar-refractivity contribution in [2.45, 2.75) is 0 Å². The Morgan fingerprint density at radius 3 is 2.81 bits per heavy atom. The molecule has 0 fully saturated rings. The van der Waals surface area contributed by atoms with Gasteiger partial charge in [-0.15, -0.1) is 11.6 Å². The third kappa shape index (κ3) is 1.77. The fraction of sp³-hybridized carbons (Fsp3) is 0.300. The van der Waals surface area contributed by atoms with Gasteiger partial charge in [-0.25, -0.2) is 4.67 Å². The number of hydrogen-bond donors (Lipinski definition) is 0. The van der Waals surface area contributed by atoms with E-state index in [1.165, 1.54) is 4.67 Å². The van der Waals surface area contributed by atoms with Gasteiger partial charge in [0.1, 0.15) is 8.45 Å². The molecule has 6 heteroatoms. The average Bonchev–Trinajstić information content (AvgIpc) is 2.32. The molecule has 4 nitrogen and oxygen atoms in total. The second-order valence-electron chi connectivity index (χ2n) is 3.50. The van der Waals surface area contributed by atoms with Crippen molar-refractivity contribution in [2.75, 3.05) is 24.1 Å². The van der Waals surface area contributed by atoms with E-state index in [4.69, 9.17) is 11.6 Å². The van der Waals surface area contributed by atoms with Crippen LogP contribution in [0.25, 0.3) is 0 Å². The molecule has 1 aromatic rings. The number of hydrogen-bond acceptors (Lipinski definition) is 3. The molecule has 16 heavy (non-hydrogen) atoms. The van der Waals surface area contributed by atoms with Crippen LogP contribution in [-0.2, 0) is 0 Å². The van der Waals surface area contributed by atoms with E-state index in [1.807, 2.05) is 6.07 Å². The molecular formula is C10H12ClN2O2P. The summed E-state index contributed by atoms with van der Waals surface area (Å²) in [5.41, 5.74) is 1.30. The summed E-state index contributed by atoms with van der Waals surface area (Å²) in [5.74, 6) is 0.192. The van der Waals surface area contributed by atoms with Crippen LogP contribution in [0.2, 0.25) is 0 Å². The van der Waals surface area contributed by atoms with Crippen molar-refractivity contribution < 1.29 is 9.69 Å². The lowest BCUT2D eigenvalue weighted by Gasteiger charge is -2.38. The van der Waals surface area contributed by atoms with Crippen LogP contribution < -0.4 is 9.56 Å². The molecule has 1 aromatic carbocycles. The fourth-order valence-corrected chi connectivity index (χ4v) is 3.41. The van der Waals surface area contributed by atoms with E-state index in [-0.39, 0.29) is 5.91 Å². The summed E-state index contributed by atoms with van der Waals surface area (Å²) in [7, 11) is -0.693. The smallest absolute Gasteiger partial charge is 0.288 e. The molecule has 1 unspecified atom stereocenters. The first-order chi connectivity index (χ1) is 7.66. The van der Waals surface area contributed by atoms with Crippen LogP contribution in [0.1, 0.15) is 10.4 Å². The van der Waals surface area contributed by atoms with Gasteiger partial charge in [0, 0.05) is 12.9 Å². The molecule has 0 N–H and O–H groups in total. The molecule has 86 valence electrons. The van der Waals surface area contributed by atoms with Gasteiger partial charge in [-0.05, 0) is 12.1 Å². The highest BCUT2D eigenvalue weighted by molar-refractivity contribution is 7.50. The summed E-state index contributed by atoms with van der Waals surface area (Å²) < 4.78 is 2.99. The van der Waals surface area contributed by atoms with Crippen molar-refractivity contribution in [3.8, 4) is 0 Å². The van der Waals surface area contributed by atoms with Crippen LogP contribution in [0, 0.1) is 0 Å². The summed E-state index contributed by atoms with van der Waals surface area (Å²) in [6, 6.07) is 7.17. The molecule has 0 aromatic heterocycles. The number of rotatable bonds is 2. The molecule has 1 heterocycles. The highest BCUT2D eigenvalue weighted by Gasteiger charge is 2.35. The Morgan fingerprint density at radius 2 is 2.12 bits per heavy atom. The molecule has 1 amide bonds. The SMILES string of the molecule is CN1C(=O)c2ccccc2N(CCCl)[PH+]1[O-]. The summed E-state index contributed by atoms with van der Waals surface area (Å²) in [4.78, 5) is 23.9. The predicted molar refractivity (Wildman–Crippen MR) is 64.9 cm³/mol. The Labute approximate surface area is 100 Å². The Bertz CT molecular complexity index is 416. The topological polar surface area (TPSA) is 46.6 Å². The maximum absolute atomic E-state index is 12.0. The Kier molecular flexibility index (Phi) is 3.33. The van der Waals surface area contributed by atoms with Crippen molar-refractivity contribution in [2.24, 2.45) is 0 Å². The zero-order chi connectivity index (χ0) is 11.7. The normalized spacial score (nSPS) is 19.9. The van der Waals surface area contributed by atoms with Crippen LogP contribution >= 0.6 is 20.1 Å². The standard InChI is InChI=1S/C10H12ClN2O2P/c1-12-10(14)8-4-2-3-5-9(8)13(7-6-11)16(12)15/h2-5,16H,6-7H2,1H3. The van der Waals surface area contributed by atoms with Gasteiger partial charge in [0.15, 0.2) is 0 Å². The van der Waals surface area contributed by atoms with E-state index in [0.717, 1.165) is 5.69 Å². The van der Waals surface area contributed by atoms with Crippen LogP contribution in [0.3, 0.4) is 0 Å². The lowest BCUT2D eigenvalue weighted by atomic mass is 10.1. The Balaban J connectivity index is 2.48. The van der Waals surface area contributed by atoms with Gasteiger partial charge in [0.25, 0.3) is 5.91 Å². The maximum Gasteiger partial charge on any atom is 0.288 e. The van der Waals surface area contributed by atoms with Gasteiger partial charge in [0.05, 0.1) is 17.8 Å². The molecule has 2 rings (SSSR count). The number of alkyl halides is 1. The second-order valence-corrected chi connectivity index (χ2v) is 5.66. The van der Waals surface area contributed by atoms with Crippen LogP contribution in [0.5, 0.6) is 0 Å². The van der Waals surface area contributed by atoms with Gasteiger partial charge in [0.2, 0.25) is 0 Å². The first-order valence-corrected chi connectivity index (χ1v) is 6.75. The number of carbonyl (C=O) groups is 1. The predicted octanol–water partition coefficient (Wildman–Crippen LogP) is 1.14. The molecule has 1 aliphatic rings. The van der Waals surface area contributed by atoms with E-state index in [0.29, 0.717) is 18.0 Å². The molecule has 0 bridgehead atoms. The van der Waals surface area contributed by atoms with E-state index in [1.54, 1.807) is 29.9 Å². The fourth-order valence-electron chi connectivity index (χ4n) is 1.74. The van der Waals surface area contributed by atoms with Gasteiger partial charge in [-0.3, -0.25) is 4.79 Å². The number of anilines is 1. The lowest BCUT2D eigenvalue weighted by molar-refractivity contribution is -0.168. The van der Waals surface area contributed by atoms with Crippen molar-refractivity contribution in [1.29, 1.82) is 0 Å². The minimum absolute atomic E-state index is 0.190. The molecule has 1 atom stereocenters. The molecule has 0 aliphatic carbocycles. The number of amides is 1. The summed E-state index contributed by atoms with van der Waals surface area (Å²) >= 11 is 5.68. The third-order valence-electron chi connectivity index (χ3n) is 2.56. The zero-order valence-corrected chi connectivity index (χ0v) is 10.6. The average molecular weight is 259 g/mol. The number of benzene rings is 1. The monoisotopic (exact) mass is 258 g/mol. The van der Waals surface area contributed by atoms with Gasteiger partial charge >= 0.3 is 0 Å². The van der Waals surface area contributed by atoms with Gasteiger partial charge in [-0.2, -0.15) is 4.67 Å². The molecule has 0 saturated heterocycles. The van der Waals surface area contributed by atoms with Crippen LogP contribution in [-0.4, -0.2) is 30.1 Å². The highest BCUT2D eigenvalue weighted by atomic mass is 35.5. The molecule has 1 aliphatic heterocycles. The highest BCUT2D eigenvalue weighted by Crippen LogP contribution is 2.45.